The summed E-state index contributed by atoms with van der Waals surface area (Å²) in [6.07, 6.45) is 8.45. The Morgan fingerprint density at radius 2 is 2.12 bits per heavy atom. The first-order valence-corrected chi connectivity index (χ1v) is 7.24. The zero-order valence-corrected chi connectivity index (χ0v) is 10.6. The Labute approximate surface area is 103 Å². The van der Waals surface area contributed by atoms with Crippen molar-refractivity contribution >= 4 is 18.5 Å². The molecule has 3 saturated carbocycles. The van der Waals surface area contributed by atoms with Crippen molar-refractivity contribution in [3.63, 3.8) is 0 Å². The van der Waals surface area contributed by atoms with Crippen LogP contribution in [-0.2, 0) is 4.79 Å². The van der Waals surface area contributed by atoms with Crippen molar-refractivity contribution in [1.29, 1.82) is 0 Å². The van der Waals surface area contributed by atoms with Gasteiger partial charge in [-0.25, -0.2) is 0 Å². The van der Waals surface area contributed by atoms with Gasteiger partial charge in [0.15, 0.2) is 0 Å². The Morgan fingerprint density at radius 1 is 1.31 bits per heavy atom. The Morgan fingerprint density at radius 3 is 2.62 bits per heavy atom. The summed E-state index contributed by atoms with van der Waals surface area (Å²) in [7, 11) is 0. The molecule has 3 rings (SSSR count). The summed E-state index contributed by atoms with van der Waals surface area (Å²) in [5.41, 5.74) is 0.269. The third-order valence-electron chi connectivity index (χ3n) is 4.91. The first-order chi connectivity index (χ1) is 7.71. The van der Waals surface area contributed by atoms with Gasteiger partial charge in [-0.3, -0.25) is 4.79 Å². The first-order valence-electron chi connectivity index (χ1n) is 6.61. The van der Waals surface area contributed by atoms with Gasteiger partial charge in [-0.1, -0.05) is 6.42 Å². The highest BCUT2D eigenvalue weighted by molar-refractivity contribution is 7.80. The van der Waals surface area contributed by atoms with Crippen LogP contribution in [0.15, 0.2) is 0 Å². The average Bonchev–Trinajstić information content (AvgIpc) is 2.72. The molecule has 3 atom stereocenters. The predicted molar refractivity (Wildman–Crippen MR) is 67.5 cm³/mol. The van der Waals surface area contributed by atoms with Crippen LogP contribution in [0.1, 0.15) is 44.9 Å². The zero-order chi connectivity index (χ0) is 11.2. The smallest absolute Gasteiger partial charge is 0.220 e. The van der Waals surface area contributed by atoms with E-state index < -0.39 is 0 Å². The molecule has 3 unspecified atom stereocenters. The third kappa shape index (κ3) is 1.99. The monoisotopic (exact) mass is 239 g/mol. The van der Waals surface area contributed by atoms with Crippen molar-refractivity contribution in [2.45, 2.75) is 51.0 Å². The predicted octanol–water partition coefficient (Wildman–Crippen LogP) is 2.39. The van der Waals surface area contributed by atoms with Crippen LogP contribution in [0.4, 0.5) is 0 Å². The average molecular weight is 239 g/mol. The molecular formula is C13H21NOS. The van der Waals surface area contributed by atoms with Gasteiger partial charge in [0, 0.05) is 12.5 Å². The maximum absolute atomic E-state index is 11.9. The molecule has 3 aliphatic carbocycles. The minimum atomic E-state index is 0.269. The molecule has 0 spiro atoms. The molecule has 2 bridgehead atoms. The zero-order valence-electron chi connectivity index (χ0n) is 9.74. The van der Waals surface area contributed by atoms with Crippen molar-refractivity contribution in [3.8, 4) is 0 Å². The second-order valence-corrected chi connectivity index (χ2v) is 6.50. The molecule has 90 valence electrons. The summed E-state index contributed by atoms with van der Waals surface area (Å²) in [5, 5.41) is 3.27. The first kappa shape index (κ1) is 10.9. The third-order valence-corrected chi connectivity index (χ3v) is 5.58. The summed E-state index contributed by atoms with van der Waals surface area (Å²) in [6.45, 7) is 0. The molecule has 0 aromatic heterocycles. The summed E-state index contributed by atoms with van der Waals surface area (Å²) >= 11 is 4.35. The number of hydrogen-bond acceptors (Lipinski definition) is 2. The van der Waals surface area contributed by atoms with E-state index in [0.29, 0.717) is 12.5 Å². The minimum absolute atomic E-state index is 0.269. The summed E-state index contributed by atoms with van der Waals surface area (Å²) < 4.78 is 0. The van der Waals surface area contributed by atoms with Crippen LogP contribution in [0.3, 0.4) is 0 Å². The fourth-order valence-corrected chi connectivity index (χ4v) is 4.02. The van der Waals surface area contributed by atoms with Gasteiger partial charge in [-0.2, -0.15) is 12.6 Å². The minimum Gasteiger partial charge on any atom is -0.353 e. The highest BCUT2D eigenvalue weighted by Crippen LogP contribution is 2.50. The Kier molecular flexibility index (Phi) is 2.69. The molecule has 3 heteroatoms. The highest BCUT2D eigenvalue weighted by Gasteiger charge is 2.44. The second kappa shape index (κ2) is 3.94. The summed E-state index contributed by atoms with van der Waals surface area (Å²) in [6, 6.07) is 0.502. The number of carbonyl (C=O) groups excluding carboxylic acids is 1. The van der Waals surface area contributed by atoms with Crippen molar-refractivity contribution in [2.24, 2.45) is 17.3 Å². The normalized spacial score (nSPS) is 38.7. The standard InChI is InChI=1S/C13H21NOS/c15-12(7-13(8-16)3-4-13)14-11-6-9-1-2-10(11)5-9/h9-11,16H,1-8H2,(H,14,15). The topological polar surface area (TPSA) is 29.1 Å². The SMILES string of the molecule is O=C(CC1(CS)CC1)NC1CC2CCC1C2. The van der Waals surface area contributed by atoms with Gasteiger partial charge in [0.05, 0.1) is 0 Å². The van der Waals surface area contributed by atoms with Gasteiger partial charge in [0.2, 0.25) is 5.91 Å². The van der Waals surface area contributed by atoms with Gasteiger partial charge in [0.25, 0.3) is 0 Å². The quantitative estimate of drug-likeness (QED) is 0.725. The van der Waals surface area contributed by atoms with E-state index >= 15 is 0 Å². The van der Waals surface area contributed by atoms with Crippen LogP contribution in [0.2, 0.25) is 0 Å². The van der Waals surface area contributed by atoms with E-state index in [1.807, 2.05) is 0 Å². The molecule has 0 aliphatic heterocycles. The van der Waals surface area contributed by atoms with Crippen LogP contribution in [-0.4, -0.2) is 17.7 Å². The number of amides is 1. The maximum atomic E-state index is 11.9. The van der Waals surface area contributed by atoms with Crippen molar-refractivity contribution in [2.75, 3.05) is 5.75 Å². The molecule has 0 heterocycles. The lowest BCUT2D eigenvalue weighted by atomic mass is 9.95. The number of carbonyl (C=O) groups is 1. The van der Waals surface area contributed by atoms with Crippen LogP contribution in [0.5, 0.6) is 0 Å². The molecule has 3 aliphatic rings. The van der Waals surface area contributed by atoms with Crippen LogP contribution < -0.4 is 5.32 Å². The molecule has 1 N–H and O–H groups in total. The molecule has 3 fully saturated rings. The van der Waals surface area contributed by atoms with E-state index in [0.717, 1.165) is 17.6 Å². The Bertz CT molecular complexity index is 300. The number of nitrogens with one attached hydrogen (secondary N) is 1. The molecule has 0 saturated heterocycles. The van der Waals surface area contributed by atoms with E-state index in [4.69, 9.17) is 0 Å². The lowest BCUT2D eigenvalue weighted by molar-refractivity contribution is -0.123. The van der Waals surface area contributed by atoms with Gasteiger partial charge >= 0.3 is 0 Å². The fourth-order valence-electron chi connectivity index (χ4n) is 3.59. The number of hydrogen-bond donors (Lipinski definition) is 2. The number of fused-ring (bicyclic) bond motifs is 2. The lowest BCUT2D eigenvalue weighted by Crippen LogP contribution is -2.39. The van der Waals surface area contributed by atoms with Crippen molar-refractivity contribution < 1.29 is 4.79 Å². The Balaban J connectivity index is 1.50. The van der Waals surface area contributed by atoms with E-state index in [9.17, 15) is 4.79 Å². The highest BCUT2D eigenvalue weighted by atomic mass is 32.1. The van der Waals surface area contributed by atoms with Gasteiger partial charge < -0.3 is 5.32 Å². The van der Waals surface area contributed by atoms with E-state index in [1.165, 1.54) is 38.5 Å². The van der Waals surface area contributed by atoms with Crippen LogP contribution in [0.25, 0.3) is 0 Å². The van der Waals surface area contributed by atoms with Crippen LogP contribution >= 0.6 is 12.6 Å². The molecule has 0 aromatic rings. The Hall–Kier alpha value is -0.180. The van der Waals surface area contributed by atoms with Gasteiger partial charge in [-0.05, 0) is 55.1 Å². The second-order valence-electron chi connectivity index (χ2n) is 6.18. The van der Waals surface area contributed by atoms with E-state index in [2.05, 4.69) is 17.9 Å². The molecule has 0 radical (unpaired) electrons. The van der Waals surface area contributed by atoms with Crippen LogP contribution in [0, 0.1) is 17.3 Å². The van der Waals surface area contributed by atoms with Crippen molar-refractivity contribution in [1.82, 2.24) is 5.32 Å². The molecule has 1 amide bonds. The maximum Gasteiger partial charge on any atom is 0.220 e. The summed E-state index contributed by atoms with van der Waals surface area (Å²) in [5.74, 6) is 2.86. The molecule has 16 heavy (non-hydrogen) atoms. The largest absolute Gasteiger partial charge is 0.353 e. The van der Waals surface area contributed by atoms with Gasteiger partial charge in [-0.15, -0.1) is 0 Å². The summed E-state index contributed by atoms with van der Waals surface area (Å²) in [4.78, 5) is 11.9. The van der Waals surface area contributed by atoms with Crippen molar-refractivity contribution in [3.05, 3.63) is 0 Å². The van der Waals surface area contributed by atoms with E-state index in [-0.39, 0.29) is 11.3 Å². The number of thiol groups is 1. The molecular weight excluding hydrogens is 218 g/mol. The number of rotatable bonds is 4. The molecule has 0 aromatic carbocycles. The molecule has 2 nitrogen and oxygen atoms in total. The van der Waals surface area contributed by atoms with Gasteiger partial charge in [0.1, 0.15) is 0 Å². The van der Waals surface area contributed by atoms with E-state index in [1.54, 1.807) is 0 Å². The fraction of sp³-hybridized carbons (Fsp3) is 0.923. The lowest BCUT2D eigenvalue weighted by Gasteiger charge is -2.24.